The fourth-order valence-electron chi connectivity index (χ4n) is 2.24. The molecule has 19 heavy (non-hydrogen) atoms. The Morgan fingerprint density at radius 1 is 1.16 bits per heavy atom. The van der Waals surface area contributed by atoms with E-state index in [9.17, 15) is 5.11 Å². The standard InChI is InChI=1S/C17H21NO/c1-12(2)9-14-5-4-6-15(11-14)17(19)16-10-13(3)7-8-18-16/h4-8,10-12,17,19H,9H2,1-3H3. The van der Waals surface area contributed by atoms with Crippen molar-refractivity contribution < 1.29 is 5.11 Å². The van der Waals surface area contributed by atoms with Crippen LogP contribution in [0.5, 0.6) is 0 Å². The molecule has 0 spiro atoms. The van der Waals surface area contributed by atoms with Gasteiger partial charge in [0.25, 0.3) is 0 Å². The van der Waals surface area contributed by atoms with Crippen molar-refractivity contribution in [3.05, 3.63) is 65.0 Å². The van der Waals surface area contributed by atoms with Crippen LogP contribution in [-0.2, 0) is 6.42 Å². The minimum absolute atomic E-state index is 0.615. The second kappa shape index (κ2) is 5.98. The molecule has 0 radical (unpaired) electrons. The molecule has 1 heterocycles. The Morgan fingerprint density at radius 2 is 1.95 bits per heavy atom. The van der Waals surface area contributed by atoms with E-state index >= 15 is 0 Å². The number of benzene rings is 1. The number of hydrogen-bond donors (Lipinski definition) is 1. The quantitative estimate of drug-likeness (QED) is 0.904. The van der Waals surface area contributed by atoms with E-state index < -0.39 is 6.10 Å². The Labute approximate surface area is 115 Å². The van der Waals surface area contributed by atoms with Gasteiger partial charge >= 0.3 is 0 Å². The Morgan fingerprint density at radius 3 is 2.63 bits per heavy atom. The zero-order valence-corrected chi connectivity index (χ0v) is 11.8. The van der Waals surface area contributed by atoms with Crippen LogP contribution in [0.4, 0.5) is 0 Å². The van der Waals surface area contributed by atoms with Crippen LogP contribution < -0.4 is 0 Å². The summed E-state index contributed by atoms with van der Waals surface area (Å²) in [6.07, 6.45) is 2.13. The Balaban J connectivity index is 2.26. The summed E-state index contributed by atoms with van der Waals surface area (Å²) in [7, 11) is 0. The zero-order valence-electron chi connectivity index (χ0n) is 11.8. The molecule has 2 aromatic rings. The largest absolute Gasteiger partial charge is 0.382 e. The topological polar surface area (TPSA) is 33.1 Å². The summed E-state index contributed by atoms with van der Waals surface area (Å²) < 4.78 is 0. The summed E-state index contributed by atoms with van der Waals surface area (Å²) in [4.78, 5) is 4.26. The number of aryl methyl sites for hydroxylation is 1. The molecule has 100 valence electrons. The second-order valence-corrected chi connectivity index (χ2v) is 5.50. The first kappa shape index (κ1) is 13.8. The molecule has 0 amide bonds. The molecule has 2 nitrogen and oxygen atoms in total. The molecule has 2 rings (SSSR count). The van der Waals surface area contributed by atoms with Crippen LogP contribution in [0.1, 0.15) is 42.3 Å². The fourth-order valence-corrected chi connectivity index (χ4v) is 2.24. The van der Waals surface area contributed by atoms with Crippen LogP contribution in [0.2, 0.25) is 0 Å². The lowest BCUT2D eigenvalue weighted by atomic mass is 9.98. The maximum atomic E-state index is 10.4. The lowest BCUT2D eigenvalue weighted by Gasteiger charge is -2.13. The lowest BCUT2D eigenvalue weighted by molar-refractivity contribution is 0.215. The summed E-state index contributed by atoms with van der Waals surface area (Å²) in [5, 5.41) is 10.4. The van der Waals surface area contributed by atoms with Crippen LogP contribution in [0.15, 0.2) is 42.6 Å². The monoisotopic (exact) mass is 255 g/mol. The van der Waals surface area contributed by atoms with Gasteiger partial charge in [-0.3, -0.25) is 4.98 Å². The van der Waals surface area contributed by atoms with Crippen LogP contribution in [0.3, 0.4) is 0 Å². The van der Waals surface area contributed by atoms with Gasteiger partial charge in [0, 0.05) is 6.20 Å². The predicted molar refractivity (Wildman–Crippen MR) is 78.0 cm³/mol. The van der Waals surface area contributed by atoms with Gasteiger partial charge in [-0.15, -0.1) is 0 Å². The molecule has 0 aliphatic heterocycles. The third-order valence-corrected chi connectivity index (χ3v) is 3.13. The first-order chi connectivity index (χ1) is 9.06. The fraction of sp³-hybridized carbons (Fsp3) is 0.353. The number of pyridine rings is 1. The van der Waals surface area contributed by atoms with Crippen molar-refractivity contribution in [2.45, 2.75) is 33.3 Å². The van der Waals surface area contributed by atoms with Gasteiger partial charge in [-0.05, 0) is 48.1 Å². The van der Waals surface area contributed by atoms with Crippen molar-refractivity contribution >= 4 is 0 Å². The van der Waals surface area contributed by atoms with Crippen molar-refractivity contribution in [2.24, 2.45) is 5.92 Å². The van der Waals surface area contributed by atoms with E-state index in [-0.39, 0.29) is 0 Å². The molecular weight excluding hydrogens is 234 g/mol. The molecule has 0 fully saturated rings. The summed E-state index contributed by atoms with van der Waals surface area (Å²) >= 11 is 0. The number of rotatable bonds is 4. The van der Waals surface area contributed by atoms with Gasteiger partial charge in [0.05, 0.1) is 5.69 Å². The second-order valence-electron chi connectivity index (χ2n) is 5.50. The van der Waals surface area contributed by atoms with Crippen LogP contribution in [0.25, 0.3) is 0 Å². The number of aromatic nitrogens is 1. The summed E-state index contributed by atoms with van der Waals surface area (Å²) in [6.45, 7) is 6.41. The lowest BCUT2D eigenvalue weighted by Crippen LogP contribution is -2.04. The van der Waals surface area contributed by atoms with Gasteiger partial charge < -0.3 is 5.11 Å². The van der Waals surface area contributed by atoms with Crippen molar-refractivity contribution in [3.8, 4) is 0 Å². The average Bonchev–Trinajstić information content (AvgIpc) is 2.37. The van der Waals surface area contributed by atoms with E-state index in [1.54, 1.807) is 6.20 Å². The third-order valence-electron chi connectivity index (χ3n) is 3.13. The summed E-state index contributed by atoms with van der Waals surface area (Å²) in [6, 6.07) is 12.0. The van der Waals surface area contributed by atoms with E-state index in [1.165, 1.54) is 5.56 Å². The number of hydrogen-bond acceptors (Lipinski definition) is 2. The maximum Gasteiger partial charge on any atom is 0.121 e. The molecule has 0 bridgehead atoms. The molecule has 0 saturated heterocycles. The van der Waals surface area contributed by atoms with Crippen LogP contribution in [-0.4, -0.2) is 10.1 Å². The van der Waals surface area contributed by atoms with Gasteiger partial charge in [0.1, 0.15) is 6.10 Å². The first-order valence-electron chi connectivity index (χ1n) is 6.75. The van der Waals surface area contributed by atoms with E-state index in [0.717, 1.165) is 17.5 Å². The van der Waals surface area contributed by atoms with Crippen LogP contribution in [0, 0.1) is 12.8 Å². The van der Waals surface area contributed by atoms with Gasteiger partial charge in [0.2, 0.25) is 0 Å². The summed E-state index contributed by atoms with van der Waals surface area (Å²) in [5.41, 5.74) is 4.00. The Kier molecular flexibility index (Phi) is 4.33. The molecule has 1 aromatic heterocycles. The third kappa shape index (κ3) is 3.65. The Hall–Kier alpha value is -1.67. The van der Waals surface area contributed by atoms with E-state index in [2.05, 4.69) is 31.0 Å². The van der Waals surface area contributed by atoms with Crippen LogP contribution >= 0.6 is 0 Å². The van der Waals surface area contributed by atoms with Crippen molar-refractivity contribution in [3.63, 3.8) is 0 Å². The molecule has 0 saturated carbocycles. The first-order valence-corrected chi connectivity index (χ1v) is 6.75. The highest BCUT2D eigenvalue weighted by Crippen LogP contribution is 2.22. The molecule has 1 atom stereocenters. The number of nitrogens with zero attached hydrogens (tertiary/aromatic N) is 1. The van der Waals surface area contributed by atoms with Gasteiger partial charge in [-0.25, -0.2) is 0 Å². The Bertz CT molecular complexity index is 548. The van der Waals surface area contributed by atoms with Gasteiger partial charge in [-0.2, -0.15) is 0 Å². The molecule has 1 N–H and O–H groups in total. The van der Waals surface area contributed by atoms with Crippen molar-refractivity contribution in [2.75, 3.05) is 0 Å². The van der Waals surface area contributed by atoms with Crippen molar-refractivity contribution in [1.29, 1.82) is 0 Å². The molecule has 2 heteroatoms. The van der Waals surface area contributed by atoms with E-state index in [0.29, 0.717) is 11.6 Å². The summed E-state index contributed by atoms with van der Waals surface area (Å²) in [5.74, 6) is 0.615. The van der Waals surface area contributed by atoms with E-state index in [4.69, 9.17) is 0 Å². The van der Waals surface area contributed by atoms with Gasteiger partial charge in [0.15, 0.2) is 0 Å². The maximum absolute atomic E-state index is 10.4. The number of aliphatic hydroxyl groups is 1. The zero-order chi connectivity index (χ0) is 13.8. The average molecular weight is 255 g/mol. The SMILES string of the molecule is Cc1ccnc(C(O)c2cccc(CC(C)C)c2)c1. The highest BCUT2D eigenvalue weighted by Gasteiger charge is 2.12. The highest BCUT2D eigenvalue weighted by atomic mass is 16.3. The molecule has 1 unspecified atom stereocenters. The predicted octanol–water partition coefficient (Wildman–Crippen LogP) is 3.67. The molecule has 0 aliphatic carbocycles. The minimum Gasteiger partial charge on any atom is -0.382 e. The number of aliphatic hydroxyl groups excluding tert-OH is 1. The molecular formula is C17H21NO. The van der Waals surface area contributed by atoms with Gasteiger partial charge in [-0.1, -0.05) is 38.1 Å². The molecule has 0 aliphatic rings. The normalized spacial score (nSPS) is 12.7. The van der Waals surface area contributed by atoms with Crippen molar-refractivity contribution in [1.82, 2.24) is 4.98 Å². The smallest absolute Gasteiger partial charge is 0.121 e. The van der Waals surface area contributed by atoms with E-state index in [1.807, 2.05) is 31.2 Å². The highest BCUT2D eigenvalue weighted by molar-refractivity contribution is 5.31. The minimum atomic E-state index is -0.646. The molecule has 1 aromatic carbocycles.